The van der Waals surface area contributed by atoms with Gasteiger partial charge in [-0.2, -0.15) is 0 Å². The summed E-state index contributed by atoms with van der Waals surface area (Å²) < 4.78 is 2.15. The van der Waals surface area contributed by atoms with Crippen molar-refractivity contribution in [1.29, 1.82) is 0 Å². The van der Waals surface area contributed by atoms with Gasteiger partial charge < -0.3 is 14.8 Å². The molecule has 0 radical (unpaired) electrons. The minimum absolute atomic E-state index is 0.0486. The van der Waals surface area contributed by atoms with Crippen LogP contribution in [0.15, 0.2) is 53.7 Å². The second-order valence-corrected chi connectivity index (χ2v) is 8.80. The van der Waals surface area contributed by atoms with E-state index < -0.39 is 0 Å². The Morgan fingerprint density at radius 2 is 1.87 bits per heavy atom. The topological polar surface area (TPSA) is 67.2 Å². The van der Waals surface area contributed by atoms with Gasteiger partial charge in [0.05, 0.1) is 34.0 Å². The van der Waals surface area contributed by atoms with Crippen molar-refractivity contribution >= 4 is 51.9 Å². The van der Waals surface area contributed by atoms with Gasteiger partial charge in [0.1, 0.15) is 0 Å². The van der Waals surface area contributed by atoms with E-state index in [0.717, 1.165) is 22.7 Å². The molecule has 6 nitrogen and oxygen atoms in total. The molecule has 0 unspecified atom stereocenters. The number of nitrogens with zero attached hydrogens (tertiary/aromatic N) is 3. The third-order valence-corrected chi connectivity index (χ3v) is 5.74. The first kappa shape index (κ1) is 22.2. The molecular weight excluding hydrogens is 420 g/mol. The molecule has 0 saturated carbocycles. The van der Waals surface area contributed by atoms with Gasteiger partial charge in [-0.3, -0.25) is 9.59 Å². The molecule has 8 heteroatoms. The third-order valence-electron chi connectivity index (χ3n) is 4.45. The van der Waals surface area contributed by atoms with Crippen molar-refractivity contribution < 1.29 is 9.59 Å². The van der Waals surface area contributed by atoms with Crippen LogP contribution < -0.4 is 5.32 Å². The van der Waals surface area contributed by atoms with Crippen molar-refractivity contribution in [2.75, 3.05) is 24.7 Å². The molecule has 0 aliphatic rings. The Kier molecular flexibility index (Phi) is 7.39. The number of carbonyl (C=O) groups excluding carboxylic acids is 2. The molecule has 158 valence electrons. The number of hydrogen-bond acceptors (Lipinski definition) is 4. The van der Waals surface area contributed by atoms with E-state index in [4.69, 9.17) is 11.6 Å². The summed E-state index contributed by atoms with van der Waals surface area (Å²) in [7, 11) is 1.62. The van der Waals surface area contributed by atoms with Gasteiger partial charge in [-0.25, -0.2) is 4.98 Å². The van der Waals surface area contributed by atoms with E-state index in [0.29, 0.717) is 16.6 Å². The molecule has 0 aliphatic carbocycles. The quantitative estimate of drug-likeness (QED) is 0.518. The SMILES string of the molecule is CC(C)Cn1c(SCC(=O)N(C)CC(=O)Nc2ccccc2Cl)nc2ccccc21. The molecule has 2 aromatic carbocycles. The van der Waals surface area contributed by atoms with E-state index in [2.05, 4.69) is 28.7 Å². The molecule has 0 fully saturated rings. The highest BCUT2D eigenvalue weighted by molar-refractivity contribution is 7.99. The second-order valence-electron chi connectivity index (χ2n) is 7.45. The molecule has 0 saturated heterocycles. The summed E-state index contributed by atoms with van der Waals surface area (Å²) in [5.41, 5.74) is 2.51. The van der Waals surface area contributed by atoms with Crippen LogP contribution in [0.5, 0.6) is 0 Å². The molecule has 0 aliphatic heterocycles. The zero-order valence-corrected chi connectivity index (χ0v) is 18.8. The van der Waals surface area contributed by atoms with Gasteiger partial charge >= 0.3 is 0 Å². The first-order valence-electron chi connectivity index (χ1n) is 9.71. The molecule has 1 heterocycles. The summed E-state index contributed by atoms with van der Waals surface area (Å²) in [6, 6.07) is 15.0. The van der Waals surface area contributed by atoms with Crippen LogP contribution in [-0.2, 0) is 16.1 Å². The zero-order chi connectivity index (χ0) is 21.7. The minimum atomic E-state index is -0.295. The zero-order valence-electron chi connectivity index (χ0n) is 17.3. The number of amides is 2. The summed E-state index contributed by atoms with van der Waals surface area (Å²) >= 11 is 7.45. The highest BCUT2D eigenvalue weighted by atomic mass is 35.5. The predicted molar refractivity (Wildman–Crippen MR) is 123 cm³/mol. The fourth-order valence-electron chi connectivity index (χ4n) is 3.00. The van der Waals surface area contributed by atoms with E-state index in [1.165, 1.54) is 16.7 Å². The lowest BCUT2D eigenvalue weighted by atomic mass is 10.2. The monoisotopic (exact) mass is 444 g/mol. The van der Waals surface area contributed by atoms with Gasteiger partial charge in [-0.1, -0.05) is 61.5 Å². The van der Waals surface area contributed by atoms with Crippen molar-refractivity contribution in [1.82, 2.24) is 14.5 Å². The molecule has 3 aromatic rings. The summed E-state index contributed by atoms with van der Waals surface area (Å²) in [6.07, 6.45) is 0. The number of nitrogens with one attached hydrogen (secondary N) is 1. The maximum absolute atomic E-state index is 12.6. The Balaban J connectivity index is 1.61. The smallest absolute Gasteiger partial charge is 0.244 e. The molecule has 1 aromatic heterocycles. The lowest BCUT2D eigenvalue weighted by Crippen LogP contribution is -2.36. The minimum Gasteiger partial charge on any atom is -0.336 e. The molecule has 1 N–H and O–H groups in total. The first-order chi connectivity index (χ1) is 14.3. The number of hydrogen-bond donors (Lipinski definition) is 1. The number of imidazole rings is 1. The van der Waals surface area contributed by atoms with E-state index in [1.807, 2.05) is 24.3 Å². The predicted octanol–water partition coefficient (Wildman–Crippen LogP) is 4.53. The lowest BCUT2D eigenvalue weighted by Gasteiger charge is -2.17. The number of likely N-dealkylation sites (N-methyl/N-ethyl adjacent to an activating group) is 1. The summed E-state index contributed by atoms with van der Waals surface area (Å²) in [5.74, 6) is 0.222. The molecule has 0 atom stereocenters. The Morgan fingerprint density at radius 1 is 1.17 bits per heavy atom. The van der Waals surface area contributed by atoms with Crippen LogP contribution in [0.1, 0.15) is 13.8 Å². The number of thioether (sulfide) groups is 1. The second kappa shape index (κ2) is 10.00. The Morgan fingerprint density at radius 3 is 2.60 bits per heavy atom. The molecule has 30 heavy (non-hydrogen) atoms. The molecular formula is C22H25ClN4O2S. The summed E-state index contributed by atoms with van der Waals surface area (Å²) in [6.45, 7) is 5.08. The fraction of sp³-hybridized carbons (Fsp3) is 0.318. The van der Waals surface area contributed by atoms with E-state index >= 15 is 0 Å². The van der Waals surface area contributed by atoms with Gasteiger partial charge in [0.15, 0.2) is 5.16 Å². The maximum atomic E-state index is 12.6. The number of anilines is 1. The van der Waals surface area contributed by atoms with Crippen LogP contribution in [0.2, 0.25) is 5.02 Å². The van der Waals surface area contributed by atoms with Crippen molar-refractivity contribution in [2.24, 2.45) is 5.92 Å². The average Bonchev–Trinajstić information content (AvgIpc) is 3.04. The van der Waals surface area contributed by atoms with Crippen LogP contribution in [0.4, 0.5) is 5.69 Å². The summed E-state index contributed by atoms with van der Waals surface area (Å²) in [5, 5.41) is 4.00. The number of halogens is 1. The lowest BCUT2D eigenvalue weighted by molar-refractivity contribution is -0.131. The normalized spacial score (nSPS) is 11.1. The standard InChI is InChI=1S/C22H25ClN4O2S/c1-15(2)12-27-19-11-7-6-10-18(19)25-22(27)30-14-21(29)26(3)13-20(28)24-17-9-5-4-8-16(17)23/h4-11,15H,12-14H2,1-3H3,(H,24,28). The van der Waals surface area contributed by atoms with Crippen LogP contribution in [0, 0.1) is 5.92 Å². The molecule has 0 bridgehead atoms. The Bertz CT molecular complexity index is 1050. The third kappa shape index (κ3) is 5.55. The number of para-hydroxylation sites is 3. The number of aromatic nitrogens is 2. The molecule has 0 spiro atoms. The summed E-state index contributed by atoms with van der Waals surface area (Å²) in [4.78, 5) is 30.9. The Hall–Kier alpha value is -2.51. The highest BCUT2D eigenvalue weighted by Crippen LogP contribution is 2.25. The van der Waals surface area contributed by atoms with Gasteiger partial charge in [0.2, 0.25) is 11.8 Å². The molecule has 3 rings (SSSR count). The number of rotatable bonds is 8. The van der Waals surface area contributed by atoms with Crippen molar-refractivity contribution in [2.45, 2.75) is 25.5 Å². The molecule has 2 amide bonds. The first-order valence-corrected chi connectivity index (χ1v) is 11.1. The fourth-order valence-corrected chi connectivity index (χ4v) is 4.15. The maximum Gasteiger partial charge on any atom is 0.244 e. The number of carbonyl (C=O) groups is 2. The van der Waals surface area contributed by atoms with Crippen LogP contribution >= 0.6 is 23.4 Å². The van der Waals surface area contributed by atoms with Crippen LogP contribution in [-0.4, -0.2) is 45.6 Å². The van der Waals surface area contributed by atoms with Crippen molar-refractivity contribution in [3.05, 3.63) is 53.6 Å². The highest BCUT2D eigenvalue weighted by Gasteiger charge is 2.17. The van der Waals surface area contributed by atoms with E-state index in [9.17, 15) is 9.59 Å². The van der Waals surface area contributed by atoms with Gasteiger partial charge in [0, 0.05) is 13.6 Å². The van der Waals surface area contributed by atoms with Crippen LogP contribution in [0.25, 0.3) is 11.0 Å². The largest absolute Gasteiger partial charge is 0.336 e. The van der Waals surface area contributed by atoms with Gasteiger partial charge in [0.25, 0.3) is 0 Å². The number of benzene rings is 2. The average molecular weight is 445 g/mol. The number of fused-ring (bicyclic) bond motifs is 1. The van der Waals surface area contributed by atoms with Crippen LogP contribution in [0.3, 0.4) is 0 Å². The van der Waals surface area contributed by atoms with Gasteiger partial charge in [-0.05, 0) is 30.2 Å². The van der Waals surface area contributed by atoms with Crippen molar-refractivity contribution in [3.8, 4) is 0 Å². The Labute approximate surface area is 185 Å². The van der Waals surface area contributed by atoms with Crippen molar-refractivity contribution in [3.63, 3.8) is 0 Å². The van der Waals surface area contributed by atoms with E-state index in [-0.39, 0.29) is 24.1 Å². The van der Waals surface area contributed by atoms with Gasteiger partial charge in [-0.15, -0.1) is 0 Å². The van der Waals surface area contributed by atoms with E-state index in [1.54, 1.807) is 31.3 Å².